The molecule has 11 heavy (non-hydrogen) atoms. The minimum atomic E-state index is -4.17. The largest absolute Gasteiger partial charge is 0.366 e. The highest BCUT2D eigenvalue weighted by Gasteiger charge is 1.86. The molecule has 0 aromatic carbocycles. The highest BCUT2D eigenvalue weighted by Crippen LogP contribution is 1.78. The molecule has 0 radical (unpaired) electrons. The molecule has 0 saturated carbocycles. The number of hydrogen-bond acceptors (Lipinski definition) is 3. The van der Waals surface area contributed by atoms with E-state index in [1.54, 1.807) is 6.92 Å². The number of nitrogens with two attached hydrogens (primary N) is 2. The lowest BCUT2D eigenvalue weighted by molar-refractivity contribution is -0.114. The predicted octanol–water partition coefficient (Wildman–Crippen LogP) is -1.20. The molecule has 5 N–H and O–H groups in total. The molecule has 66 valence electrons. The van der Waals surface area contributed by atoms with Gasteiger partial charge in [0.25, 0.3) is 0 Å². The molecule has 0 aromatic heterocycles. The standard InChI is InChI=1S/C4H7NO.H3NO3S/c1-3(2)4(5)6;1-5(2,3)4/h1H2,2H3,(H2,5,6);(H3,1,2,3,4). The van der Waals surface area contributed by atoms with Crippen molar-refractivity contribution in [2.24, 2.45) is 10.9 Å². The summed E-state index contributed by atoms with van der Waals surface area (Å²) in [5.74, 6) is -0.435. The first-order chi connectivity index (χ1) is 4.64. The lowest BCUT2D eigenvalue weighted by Crippen LogP contribution is -2.10. The summed E-state index contributed by atoms with van der Waals surface area (Å²) in [4.78, 5) is 9.82. The van der Waals surface area contributed by atoms with Gasteiger partial charge >= 0.3 is 10.3 Å². The van der Waals surface area contributed by atoms with E-state index in [1.807, 2.05) is 0 Å². The molecule has 0 saturated heterocycles. The zero-order valence-electron chi connectivity index (χ0n) is 5.94. The Morgan fingerprint density at radius 3 is 1.64 bits per heavy atom. The maximum Gasteiger partial charge on any atom is 0.330 e. The molecule has 1 amide bonds. The Kier molecular flexibility index (Phi) is 5.59. The molecule has 7 heteroatoms. The van der Waals surface area contributed by atoms with E-state index in [0.717, 1.165) is 0 Å². The van der Waals surface area contributed by atoms with Crippen molar-refractivity contribution in [3.05, 3.63) is 12.2 Å². The Balaban J connectivity index is 0. The molecule has 0 aromatic rings. The summed E-state index contributed by atoms with van der Waals surface area (Å²) in [6.07, 6.45) is 0. The average Bonchev–Trinajstić information content (AvgIpc) is 1.59. The van der Waals surface area contributed by atoms with Crippen LogP contribution in [0.2, 0.25) is 0 Å². The van der Waals surface area contributed by atoms with E-state index < -0.39 is 16.2 Å². The molecule has 0 spiro atoms. The smallest absolute Gasteiger partial charge is 0.330 e. The fourth-order valence-electron chi connectivity index (χ4n) is 0. The number of carbonyl (C=O) groups is 1. The molecule has 0 unspecified atom stereocenters. The lowest BCUT2D eigenvalue weighted by atomic mass is 10.3. The van der Waals surface area contributed by atoms with Crippen molar-refractivity contribution in [2.45, 2.75) is 6.92 Å². The summed E-state index contributed by atoms with van der Waals surface area (Å²) in [6, 6.07) is 0. The van der Waals surface area contributed by atoms with Gasteiger partial charge in [-0.1, -0.05) is 6.58 Å². The van der Waals surface area contributed by atoms with Crippen LogP contribution in [-0.2, 0) is 15.1 Å². The SMILES string of the molecule is C=C(C)C(N)=O.NS(=O)(=O)O. The Morgan fingerprint density at radius 1 is 1.55 bits per heavy atom. The fourth-order valence-corrected chi connectivity index (χ4v) is 0. The minimum absolute atomic E-state index is 0.398. The third-order valence-corrected chi connectivity index (χ3v) is 0.421. The molecule has 0 aliphatic carbocycles. The van der Waals surface area contributed by atoms with Crippen molar-refractivity contribution in [1.82, 2.24) is 0 Å². The van der Waals surface area contributed by atoms with Crippen LogP contribution in [-0.4, -0.2) is 18.9 Å². The Hall–Kier alpha value is -0.920. The van der Waals surface area contributed by atoms with Crippen LogP contribution < -0.4 is 10.9 Å². The van der Waals surface area contributed by atoms with Crippen molar-refractivity contribution in [3.63, 3.8) is 0 Å². The van der Waals surface area contributed by atoms with Gasteiger partial charge in [0.1, 0.15) is 0 Å². The van der Waals surface area contributed by atoms with Gasteiger partial charge in [-0.05, 0) is 6.92 Å². The molecule has 0 aliphatic heterocycles. The number of primary amides is 1. The molecule has 0 heterocycles. The summed E-state index contributed by atoms with van der Waals surface area (Å²) >= 11 is 0. The van der Waals surface area contributed by atoms with Crippen LogP contribution in [0.5, 0.6) is 0 Å². The molecular weight excluding hydrogens is 172 g/mol. The lowest BCUT2D eigenvalue weighted by Gasteiger charge is -1.81. The average molecular weight is 182 g/mol. The zero-order valence-corrected chi connectivity index (χ0v) is 6.76. The second-order valence-corrected chi connectivity index (χ2v) is 2.69. The Labute approximate surface area is 64.8 Å². The molecule has 0 fully saturated rings. The summed E-state index contributed by atoms with van der Waals surface area (Å²) in [5, 5.41) is 3.88. The van der Waals surface area contributed by atoms with Crippen LogP contribution in [0.1, 0.15) is 6.92 Å². The third kappa shape index (κ3) is 48.0. The molecule has 6 nitrogen and oxygen atoms in total. The normalized spacial score (nSPS) is 9.36. The van der Waals surface area contributed by atoms with Crippen LogP contribution in [0.25, 0.3) is 0 Å². The van der Waals surface area contributed by atoms with E-state index >= 15 is 0 Å². The van der Waals surface area contributed by atoms with Gasteiger partial charge < -0.3 is 5.73 Å². The first-order valence-electron chi connectivity index (χ1n) is 2.35. The van der Waals surface area contributed by atoms with Crippen molar-refractivity contribution in [1.29, 1.82) is 0 Å². The first-order valence-corrected chi connectivity index (χ1v) is 3.85. The van der Waals surface area contributed by atoms with Gasteiger partial charge in [-0.15, -0.1) is 0 Å². The number of rotatable bonds is 1. The molecule has 0 bridgehead atoms. The second-order valence-electron chi connectivity index (χ2n) is 1.66. The molecule has 0 atom stereocenters. The van der Waals surface area contributed by atoms with Gasteiger partial charge in [-0.25, -0.2) is 5.14 Å². The summed E-state index contributed by atoms with van der Waals surface area (Å²) in [5.41, 5.74) is 5.09. The third-order valence-electron chi connectivity index (χ3n) is 0.421. The Bertz CT molecular complexity index is 223. The van der Waals surface area contributed by atoms with E-state index in [4.69, 9.17) is 18.7 Å². The predicted molar refractivity (Wildman–Crippen MR) is 39.7 cm³/mol. The molecule has 0 aliphatic rings. The topological polar surface area (TPSA) is 123 Å². The van der Waals surface area contributed by atoms with Gasteiger partial charge in [-0.3, -0.25) is 9.35 Å². The molecular formula is C4H10N2O4S. The van der Waals surface area contributed by atoms with Crippen LogP contribution in [0.3, 0.4) is 0 Å². The summed E-state index contributed by atoms with van der Waals surface area (Å²) in [7, 11) is -4.17. The van der Waals surface area contributed by atoms with Crippen LogP contribution in [0.4, 0.5) is 0 Å². The van der Waals surface area contributed by atoms with Crippen molar-refractivity contribution < 1.29 is 17.8 Å². The second kappa shape index (κ2) is 4.83. The highest BCUT2D eigenvalue weighted by molar-refractivity contribution is 7.83. The maximum absolute atomic E-state index is 9.82. The number of carbonyl (C=O) groups excluding carboxylic acids is 1. The fraction of sp³-hybridized carbons (Fsp3) is 0.250. The van der Waals surface area contributed by atoms with Crippen LogP contribution in [0.15, 0.2) is 12.2 Å². The van der Waals surface area contributed by atoms with Crippen LogP contribution in [0, 0.1) is 0 Å². The van der Waals surface area contributed by atoms with Crippen LogP contribution >= 0.6 is 0 Å². The van der Waals surface area contributed by atoms with Crippen molar-refractivity contribution in [2.75, 3.05) is 0 Å². The van der Waals surface area contributed by atoms with Gasteiger partial charge in [-0.2, -0.15) is 8.42 Å². The summed E-state index contributed by atoms with van der Waals surface area (Å²) in [6.45, 7) is 4.85. The van der Waals surface area contributed by atoms with Crippen molar-refractivity contribution in [3.8, 4) is 0 Å². The Morgan fingerprint density at radius 2 is 1.64 bits per heavy atom. The highest BCUT2D eigenvalue weighted by atomic mass is 32.2. The number of hydrogen-bond donors (Lipinski definition) is 3. The monoisotopic (exact) mass is 182 g/mol. The van der Waals surface area contributed by atoms with Gasteiger partial charge in [0.05, 0.1) is 0 Å². The molecule has 0 rings (SSSR count). The maximum atomic E-state index is 9.82. The number of amides is 1. The first kappa shape index (κ1) is 12.7. The zero-order chi connectivity index (χ0) is 9.65. The van der Waals surface area contributed by atoms with Gasteiger partial charge in [0.15, 0.2) is 0 Å². The quantitative estimate of drug-likeness (QED) is 0.348. The minimum Gasteiger partial charge on any atom is -0.366 e. The van der Waals surface area contributed by atoms with E-state index in [2.05, 4.69) is 11.7 Å². The van der Waals surface area contributed by atoms with E-state index in [1.165, 1.54) is 0 Å². The van der Waals surface area contributed by atoms with Gasteiger partial charge in [0.2, 0.25) is 5.91 Å². The summed E-state index contributed by atoms with van der Waals surface area (Å²) < 4.78 is 25.2. The van der Waals surface area contributed by atoms with E-state index in [0.29, 0.717) is 5.57 Å². The van der Waals surface area contributed by atoms with E-state index in [-0.39, 0.29) is 0 Å². The van der Waals surface area contributed by atoms with Crippen molar-refractivity contribution >= 4 is 16.2 Å². The van der Waals surface area contributed by atoms with E-state index in [9.17, 15) is 4.79 Å². The van der Waals surface area contributed by atoms with Gasteiger partial charge in [0, 0.05) is 5.57 Å².